The predicted molar refractivity (Wildman–Crippen MR) is 80.1 cm³/mol. The van der Waals surface area contributed by atoms with Crippen LogP contribution in [0.2, 0.25) is 5.02 Å². The molecular formula is C13H16ClN5. The van der Waals surface area contributed by atoms with Gasteiger partial charge in [0.2, 0.25) is 5.95 Å². The van der Waals surface area contributed by atoms with Crippen LogP contribution in [0.5, 0.6) is 0 Å². The first kappa shape index (κ1) is 13.4. The number of para-hydroxylation sites is 1. The summed E-state index contributed by atoms with van der Waals surface area (Å²) in [6.07, 6.45) is 0. The van der Waals surface area contributed by atoms with Crippen molar-refractivity contribution < 1.29 is 0 Å². The van der Waals surface area contributed by atoms with Crippen molar-refractivity contribution in [1.82, 2.24) is 9.97 Å². The molecule has 2 rings (SSSR count). The number of benzene rings is 1. The van der Waals surface area contributed by atoms with E-state index < -0.39 is 0 Å². The first-order chi connectivity index (χ1) is 9.10. The number of rotatable bonds is 4. The summed E-state index contributed by atoms with van der Waals surface area (Å²) in [7, 11) is 0. The van der Waals surface area contributed by atoms with Crippen LogP contribution in [0, 0.1) is 6.92 Å². The minimum atomic E-state index is 0.214. The Balaban J connectivity index is 2.33. The Kier molecular flexibility index (Phi) is 4.06. The Labute approximate surface area is 117 Å². The largest absolute Gasteiger partial charge is 0.370 e. The Hall–Kier alpha value is -2.01. The van der Waals surface area contributed by atoms with Gasteiger partial charge in [-0.3, -0.25) is 0 Å². The van der Waals surface area contributed by atoms with Gasteiger partial charge in [0.25, 0.3) is 0 Å². The second-order valence-corrected chi connectivity index (χ2v) is 4.49. The second kappa shape index (κ2) is 5.75. The molecule has 0 unspecified atom stereocenters. The van der Waals surface area contributed by atoms with Crippen molar-refractivity contribution in [2.24, 2.45) is 0 Å². The van der Waals surface area contributed by atoms with E-state index >= 15 is 0 Å². The molecule has 0 atom stereocenters. The number of nitrogens with one attached hydrogen (secondary N) is 2. The molecule has 0 radical (unpaired) electrons. The molecule has 2 aromatic rings. The maximum Gasteiger partial charge on any atom is 0.223 e. The molecule has 0 aliphatic rings. The van der Waals surface area contributed by atoms with Gasteiger partial charge in [-0.15, -0.1) is 0 Å². The van der Waals surface area contributed by atoms with Gasteiger partial charge in [0.15, 0.2) is 0 Å². The van der Waals surface area contributed by atoms with Gasteiger partial charge in [0, 0.05) is 12.6 Å². The molecule has 100 valence electrons. The lowest BCUT2D eigenvalue weighted by atomic mass is 10.2. The topological polar surface area (TPSA) is 75.9 Å². The van der Waals surface area contributed by atoms with E-state index in [0.29, 0.717) is 16.7 Å². The van der Waals surface area contributed by atoms with Crippen LogP contribution < -0.4 is 16.4 Å². The molecule has 5 nitrogen and oxygen atoms in total. The molecule has 0 spiro atoms. The average molecular weight is 278 g/mol. The number of halogens is 1. The molecule has 4 N–H and O–H groups in total. The zero-order chi connectivity index (χ0) is 13.8. The third-order valence-electron chi connectivity index (χ3n) is 2.58. The minimum absolute atomic E-state index is 0.214. The smallest absolute Gasteiger partial charge is 0.223 e. The van der Waals surface area contributed by atoms with Gasteiger partial charge in [-0.05, 0) is 25.5 Å². The first-order valence-electron chi connectivity index (χ1n) is 6.00. The zero-order valence-corrected chi connectivity index (χ0v) is 11.6. The fraction of sp³-hybridized carbons (Fsp3) is 0.231. The van der Waals surface area contributed by atoms with E-state index in [1.165, 1.54) is 0 Å². The fourth-order valence-electron chi connectivity index (χ4n) is 1.72. The lowest BCUT2D eigenvalue weighted by Gasteiger charge is -2.12. The van der Waals surface area contributed by atoms with Crippen molar-refractivity contribution in [2.75, 3.05) is 22.9 Å². The highest BCUT2D eigenvalue weighted by molar-refractivity contribution is 6.33. The van der Waals surface area contributed by atoms with Crippen molar-refractivity contribution in [1.29, 1.82) is 0 Å². The van der Waals surface area contributed by atoms with Gasteiger partial charge in [-0.1, -0.05) is 23.7 Å². The van der Waals surface area contributed by atoms with Gasteiger partial charge in [-0.25, -0.2) is 0 Å². The zero-order valence-electron chi connectivity index (χ0n) is 10.9. The Morgan fingerprint density at radius 3 is 2.68 bits per heavy atom. The molecular weight excluding hydrogens is 262 g/mol. The number of hydrogen-bond acceptors (Lipinski definition) is 5. The number of nitrogens with zero attached hydrogens (tertiary/aromatic N) is 2. The van der Waals surface area contributed by atoms with Crippen molar-refractivity contribution in [3.63, 3.8) is 0 Å². The van der Waals surface area contributed by atoms with E-state index in [9.17, 15) is 0 Å². The van der Waals surface area contributed by atoms with Crippen molar-refractivity contribution in [2.45, 2.75) is 13.8 Å². The van der Waals surface area contributed by atoms with E-state index in [4.69, 9.17) is 17.3 Å². The van der Waals surface area contributed by atoms with Crippen molar-refractivity contribution >= 4 is 34.9 Å². The van der Waals surface area contributed by atoms with Gasteiger partial charge < -0.3 is 16.4 Å². The lowest BCUT2D eigenvalue weighted by Crippen LogP contribution is -2.06. The van der Waals surface area contributed by atoms with Crippen LogP contribution in [0.3, 0.4) is 0 Å². The molecule has 0 saturated carbocycles. The summed E-state index contributed by atoms with van der Waals surface area (Å²) >= 11 is 6.17. The number of aryl methyl sites for hydroxylation is 1. The normalized spacial score (nSPS) is 10.3. The number of nitrogen functional groups attached to an aromatic ring is 1. The van der Waals surface area contributed by atoms with E-state index in [-0.39, 0.29) is 5.95 Å². The summed E-state index contributed by atoms with van der Waals surface area (Å²) in [5.41, 5.74) is 7.54. The van der Waals surface area contributed by atoms with Crippen LogP contribution in [0.15, 0.2) is 24.3 Å². The van der Waals surface area contributed by atoms with Crippen molar-refractivity contribution in [3.8, 4) is 0 Å². The minimum Gasteiger partial charge on any atom is -0.370 e. The standard InChI is InChI=1S/C13H16ClN5/c1-3-16-10-7-11(19-13(15)18-10)17-12-8(2)5-4-6-9(12)14/h4-7H,3H2,1-2H3,(H4,15,16,17,18,19). The predicted octanol–water partition coefficient (Wildman–Crippen LogP) is 3.20. The van der Waals surface area contributed by atoms with E-state index in [0.717, 1.165) is 17.8 Å². The molecule has 0 fully saturated rings. The lowest BCUT2D eigenvalue weighted by molar-refractivity contribution is 1.12. The monoisotopic (exact) mass is 277 g/mol. The highest BCUT2D eigenvalue weighted by Crippen LogP contribution is 2.28. The molecule has 1 heterocycles. The number of hydrogen-bond donors (Lipinski definition) is 3. The Morgan fingerprint density at radius 2 is 2.00 bits per heavy atom. The third-order valence-corrected chi connectivity index (χ3v) is 2.89. The Bertz CT molecular complexity index is 565. The van der Waals surface area contributed by atoms with Gasteiger partial charge in [0.05, 0.1) is 10.7 Å². The van der Waals surface area contributed by atoms with Crippen LogP contribution in [0.1, 0.15) is 12.5 Å². The second-order valence-electron chi connectivity index (χ2n) is 4.08. The van der Waals surface area contributed by atoms with E-state index in [1.807, 2.05) is 32.0 Å². The first-order valence-corrected chi connectivity index (χ1v) is 6.38. The molecule has 19 heavy (non-hydrogen) atoms. The maximum atomic E-state index is 6.17. The summed E-state index contributed by atoms with van der Waals surface area (Å²) in [5, 5.41) is 6.92. The van der Waals surface area contributed by atoms with E-state index in [1.54, 1.807) is 6.07 Å². The van der Waals surface area contributed by atoms with Gasteiger partial charge in [0.1, 0.15) is 11.6 Å². The van der Waals surface area contributed by atoms with Crippen LogP contribution in [-0.4, -0.2) is 16.5 Å². The molecule has 0 aliphatic carbocycles. The summed E-state index contributed by atoms with van der Waals surface area (Å²) in [5.74, 6) is 1.51. The van der Waals surface area contributed by atoms with Crippen LogP contribution in [0.4, 0.5) is 23.3 Å². The molecule has 0 saturated heterocycles. The van der Waals surface area contributed by atoms with Crippen LogP contribution in [0.25, 0.3) is 0 Å². The highest BCUT2D eigenvalue weighted by Gasteiger charge is 2.07. The quantitative estimate of drug-likeness (QED) is 0.800. The van der Waals surface area contributed by atoms with Crippen LogP contribution in [-0.2, 0) is 0 Å². The number of aromatic nitrogens is 2. The Morgan fingerprint density at radius 1 is 1.26 bits per heavy atom. The van der Waals surface area contributed by atoms with Gasteiger partial charge >= 0.3 is 0 Å². The summed E-state index contributed by atoms with van der Waals surface area (Å²) in [4.78, 5) is 8.24. The summed E-state index contributed by atoms with van der Waals surface area (Å²) < 4.78 is 0. The summed E-state index contributed by atoms with van der Waals surface area (Å²) in [6, 6.07) is 7.50. The highest BCUT2D eigenvalue weighted by atomic mass is 35.5. The van der Waals surface area contributed by atoms with E-state index in [2.05, 4.69) is 20.6 Å². The molecule has 1 aromatic heterocycles. The van der Waals surface area contributed by atoms with Crippen molar-refractivity contribution in [3.05, 3.63) is 34.9 Å². The third kappa shape index (κ3) is 3.26. The number of nitrogens with two attached hydrogens (primary N) is 1. The molecule has 0 amide bonds. The fourth-order valence-corrected chi connectivity index (χ4v) is 1.99. The summed E-state index contributed by atoms with van der Waals surface area (Å²) in [6.45, 7) is 4.73. The van der Waals surface area contributed by atoms with Crippen LogP contribution >= 0.6 is 11.6 Å². The SMILES string of the molecule is CCNc1cc(Nc2c(C)cccc2Cl)nc(N)n1. The molecule has 0 bridgehead atoms. The molecule has 0 aliphatic heterocycles. The average Bonchev–Trinajstić information content (AvgIpc) is 2.34. The molecule has 1 aromatic carbocycles. The molecule has 6 heteroatoms. The maximum absolute atomic E-state index is 6.17. The van der Waals surface area contributed by atoms with Gasteiger partial charge in [-0.2, -0.15) is 9.97 Å². The number of anilines is 4.